The Balaban J connectivity index is 1.91. The van der Waals surface area contributed by atoms with Crippen LogP contribution in [-0.4, -0.2) is 42.2 Å². The molecule has 92 valence electrons. The van der Waals surface area contributed by atoms with Crippen molar-refractivity contribution in [3.63, 3.8) is 0 Å². The molecule has 0 amide bonds. The van der Waals surface area contributed by atoms with Gasteiger partial charge in [0.05, 0.1) is 0 Å². The van der Waals surface area contributed by atoms with Crippen molar-refractivity contribution in [1.29, 1.82) is 0 Å². The molecule has 1 saturated carbocycles. The van der Waals surface area contributed by atoms with Crippen LogP contribution in [0.4, 0.5) is 0 Å². The quantitative estimate of drug-likeness (QED) is 0.523. The molecule has 0 bridgehead atoms. The van der Waals surface area contributed by atoms with E-state index in [2.05, 4.69) is 23.7 Å². The Morgan fingerprint density at radius 2 is 2.31 bits per heavy atom. The van der Waals surface area contributed by atoms with Crippen LogP contribution in [0.1, 0.15) is 32.6 Å². The normalized spacial score (nSPS) is 35.5. The van der Waals surface area contributed by atoms with Crippen molar-refractivity contribution in [3.8, 4) is 0 Å². The van der Waals surface area contributed by atoms with Gasteiger partial charge in [-0.25, -0.2) is 0 Å². The molecular weight excluding hydrogens is 198 g/mol. The van der Waals surface area contributed by atoms with Gasteiger partial charge in [0, 0.05) is 30.7 Å². The van der Waals surface area contributed by atoms with E-state index < -0.39 is 0 Å². The Bertz CT molecular complexity index is 250. The van der Waals surface area contributed by atoms with Crippen LogP contribution in [-0.2, 0) is 0 Å². The third-order valence-electron chi connectivity index (χ3n) is 3.99. The highest BCUT2D eigenvalue weighted by molar-refractivity contribution is 5.05. The van der Waals surface area contributed by atoms with Gasteiger partial charge in [0.25, 0.3) is 0 Å². The molecule has 1 saturated heterocycles. The van der Waals surface area contributed by atoms with E-state index in [1.165, 1.54) is 19.3 Å². The summed E-state index contributed by atoms with van der Waals surface area (Å²) in [5, 5.41) is 3.65. The number of rotatable bonds is 6. The summed E-state index contributed by atoms with van der Waals surface area (Å²) in [6.07, 6.45) is 6.96. The number of nitrogens with zero attached hydrogens (tertiary/aromatic N) is 1. The van der Waals surface area contributed by atoms with Gasteiger partial charge in [-0.2, -0.15) is 0 Å². The number of nitrogens with one attached hydrogen (secondary N) is 1. The van der Waals surface area contributed by atoms with Crippen molar-refractivity contribution in [2.75, 3.05) is 19.6 Å². The Morgan fingerprint density at radius 3 is 2.88 bits per heavy atom. The maximum atomic E-state index is 5.98. The molecule has 16 heavy (non-hydrogen) atoms. The zero-order chi connectivity index (χ0) is 11.6. The minimum absolute atomic E-state index is 0.158. The van der Waals surface area contributed by atoms with Crippen LogP contribution >= 0.6 is 0 Å². The van der Waals surface area contributed by atoms with E-state index in [0.29, 0.717) is 6.04 Å². The van der Waals surface area contributed by atoms with Gasteiger partial charge in [0.15, 0.2) is 0 Å². The first kappa shape index (κ1) is 12.1. The smallest absolute Gasteiger partial charge is 0.0447 e. The van der Waals surface area contributed by atoms with E-state index in [0.717, 1.165) is 32.1 Å². The second-order valence-corrected chi connectivity index (χ2v) is 5.45. The number of hydrogen-bond acceptors (Lipinski definition) is 3. The fraction of sp³-hybridized carbons (Fsp3) is 0.846. The zero-order valence-corrected chi connectivity index (χ0v) is 10.4. The molecule has 1 aliphatic heterocycles. The highest BCUT2D eigenvalue weighted by Gasteiger charge is 2.45. The first-order chi connectivity index (χ1) is 7.71. The molecule has 0 radical (unpaired) electrons. The molecule has 2 rings (SSSR count). The second kappa shape index (κ2) is 4.86. The van der Waals surface area contributed by atoms with Gasteiger partial charge < -0.3 is 11.1 Å². The van der Waals surface area contributed by atoms with Gasteiger partial charge in [0.1, 0.15) is 0 Å². The summed E-state index contributed by atoms with van der Waals surface area (Å²) in [7, 11) is 0. The van der Waals surface area contributed by atoms with Crippen LogP contribution in [0.3, 0.4) is 0 Å². The molecule has 0 aromatic rings. The highest BCUT2D eigenvalue weighted by Crippen LogP contribution is 2.36. The van der Waals surface area contributed by atoms with Crippen LogP contribution < -0.4 is 11.1 Å². The molecule has 0 spiro atoms. The lowest BCUT2D eigenvalue weighted by Crippen LogP contribution is -2.53. The number of nitrogens with two attached hydrogens (primary N) is 1. The second-order valence-electron chi connectivity index (χ2n) is 5.45. The molecule has 2 atom stereocenters. The topological polar surface area (TPSA) is 41.3 Å². The van der Waals surface area contributed by atoms with Gasteiger partial charge in [0.2, 0.25) is 0 Å². The van der Waals surface area contributed by atoms with Crippen molar-refractivity contribution in [2.24, 2.45) is 5.73 Å². The predicted octanol–water partition coefficient (Wildman–Crippen LogP) is 1.11. The Labute approximate surface area is 99.1 Å². The molecule has 3 N–H and O–H groups in total. The van der Waals surface area contributed by atoms with Crippen LogP contribution in [0.25, 0.3) is 0 Å². The molecule has 2 aliphatic rings. The lowest BCUT2D eigenvalue weighted by molar-refractivity contribution is 0.242. The van der Waals surface area contributed by atoms with E-state index in [1.54, 1.807) is 0 Å². The van der Waals surface area contributed by atoms with Gasteiger partial charge in [-0.3, -0.25) is 4.90 Å². The Morgan fingerprint density at radius 1 is 1.56 bits per heavy atom. The van der Waals surface area contributed by atoms with Gasteiger partial charge in [-0.05, 0) is 39.2 Å². The monoisotopic (exact) mass is 223 g/mol. The van der Waals surface area contributed by atoms with Crippen molar-refractivity contribution >= 4 is 0 Å². The highest BCUT2D eigenvalue weighted by atomic mass is 15.3. The summed E-state index contributed by atoms with van der Waals surface area (Å²) < 4.78 is 0. The summed E-state index contributed by atoms with van der Waals surface area (Å²) in [6.45, 7) is 8.98. The molecule has 0 aromatic carbocycles. The Kier molecular flexibility index (Phi) is 3.67. The molecule has 3 nitrogen and oxygen atoms in total. The maximum Gasteiger partial charge on any atom is 0.0447 e. The summed E-state index contributed by atoms with van der Waals surface area (Å²) in [6, 6.07) is 1.54. The van der Waals surface area contributed by atoms with E-state index >= 15 is 0 Å². The van der Waals surface area contributed by atoms with Crippen LogP contribution in [0.2, 0.25) is 0 Å². The first-order valence-corrected chi connectivity index (χ1v) is 6.52. The predicted molar refractivity (Wildman–Crippen MR) is 68.4 cm³/mol. The lowest BCUT2D eigenvalue weighted by atomic mass is 9.96. The van der Waals surface area contributed by atoms with Crippen molar-refractivity contribution in [2.45, 2.75) is 50.2 Å². The molecule has 2 fully saturated rings. The maximum absolute atomic E-state index is 5.98. The molecule has 1 heterocycles. The third-order valence-corrected chi connectivity index (χ3v) is 3.99. The minimum atomic E-state index is 0.158. The summed E-state index contributed by atoms with van der Waals surface area (Å²) >= 11 is 0. The van der Waals surface area contributed by atoms with Crippen LogP contribution in [0, 0.1) is 0 Å². The van der Waals surface area contributed by atoms with Gasteiger partial charge >= 0.3 is 0 Å². The summed E-state index contributed by atoms with van der Waals surface area (Å²) in [4.78, 5) is 2.65. The molecule has 3 heteroatoms. The summed E-state index contributed by atoms with van der Waals surface area (Å²) in [5.74, 6) is 0. The number of hydrogen-bond donors (Lipinski definition) is 2. The molecule has 2 unspecified atom stereocenters. The average molecular weight is 223 g/mol. The standard InChI is InChI=1S/C13H25N3/c1-3-4-7-15-13(9-14)8-11(2)16(10-13)12-5-6-12/h3,11-12,15H,1,4-10,14H2,2H3. The fourth-order valence-corrected chi connectivity index (χ4v) is 2.94. The SMILES string of the molecule is C=CCCNC1(CN)CC(C)N(C2CC2)C1. The van der Waals surface area contributed by atoms with E-state index in [4.69, 9.17) is 5.73 Å². The molecule has 0 aromatic heterocycles. The van der Waals surface area contributed by atoms with Crippen LogP contribution in [0.5, 0.6) is 0 Å². The summed E-state index contributed by atoms with van der Waals surface area (Å²) in [5.41, 5.74) is 6.14. The van der Waals surface area contributed by atoms with Crippen molar-refractivity contribution in [3.05, 3.63) is 12.7 Å². The largest absolute Gasteiger partial charge is 0.329 e. The fourth-order valence-electron chi connectivity index (χ4n) is 2.94. The van der Waals surface area contributed by atoms with Crippen LogP contribution in [0.15, 0.2) is 12.7 Å². The van der Waals surface area contributed by atoms with E-state index in [-0.39, 0.29) is 5.54 Å². The average Bonchev–Trinajstić information content (AvgIpc) is 3.05. The van der Waals surface area contributed by atoms with E-state index in [1.807, 2.05) is 6.08 Å². The Hall–Kier alpha value is -0.380. The lowest BCUT2D eigenvalue weighted by Gasteiger charge is -2.29. The number of likely N-dealkylation sites (tertiary alicyclic amines) is 1. The minimum Gasteiger partial charge on any atom is -0.329 e. The van der Waals surface area contributed by atoms with Gasteiger partial charge in [-0.1, -0.05) is 6.08 Å². The van der Waals surface area contributed by atoms with Crippen molar-refractivity contribution < 1.29 is 0 Å². The molecular formula is C13H25N3. The molecule has 1 aliphatic carbocycles. The van der Waals surface area contributed by atoms with E-state index in [9.17, 15) is 0 Å². The zero-order valence-electron chi connectivity index (χ0n) is 10.4. The van der Waals surface area contributed by atoms with Crippen molar-refractivity contribution in [1.82, 2.24) is 10.2 Å². The van der Waals surface area contributed by atoms with Gasteiger partial charge in [-0.15, -0.1) is 6.58 Å². The third kappa shape index (κ3) is 2.47. The first-order valence-electron chi connectivity index (χ1n) is 6.52.